The molecule has 1 fully saturated rings. The highest BCUT2D eigenvalue weighted by Crippen LogP contribution is 2.27. The monoisotopic (exact) mass is 335 g/mol. The van der Waals surface area contributed by atoms with Crippen molar-refractivity contribution in [2.75, 3.05) is 32.2 Å². The molecular weight excluding hydrogens is 306 g/mol. The number of benzene rings is 1. The van der Waals surface area contributed by atoms with Crippen LogP contribution in [0.2, 0.25) is 0 Å². The molecule has 0 spiro atoms. The van der Waals surface area contributed by atoms with Gasteiger partial charge in [0.05, 0.1) is 0 Å². The summed E-state index contributed by atoms with van der Waals surface area (Å²) >= 11 is 1.81. The minimum absolute atomic E-state index is 0.0132. The third-order valence-corrected chi connectivity index (χ3v) is 5.99. The van der Waals surface area contributed by atoms with E-state index < -0.39 is 0 Å². The lowest BCUT2D eigenvalue weighted by Crippen LogP contribution is -2.49. The quantitative estimate of drug-likeness (QED) is 0.901. The second-order valence-electron chi connectivity index (χ2n) is 6.55. The molecule has 2 amide bonds. The van der Waals surface area contributed by atoms with Crippen LogP contribution in [0.25, 0.3) is 0 Å². The molecule has 1 aliphatic heterocycles. The number of carbonyl (C=O) groups is 1. The van der Waals surface area contributed by atoms with Crippen molar-refractivity contribution >= 4 is 23.5 Å². The first-order chi connectivity index (χ1) is 10.9. The van der Waals surface area contributed by atoms with Gasteiger partial charge in [-0.05, 0) is 57.7 Å². The van der Waals surface area contributed by atoms with Crippen LogP contribution in [-0.4, -0.2) is 54.8 Å². The van der Waals surface area contributed by atoms with E-state index in [0.717, 1.165) is 25.1 Å². The summed E-state index contributed by atoms with van der Waals surface area (Å²) in [4.78, 5) is 16.8. The van der Waals surface area contributed by atoms with Crippen LogP contribution in [0, 0.1) is 0 Å². The van der Waals surface area contributed by atoms with Gasteiger partial charge in [-0.1, -0.05) is 12.1 Å². The Morgan fingerprint density at radius 3 is 2.87 bits per heavy atom. The van der Waals surface area contributed by atoms with E-state index in [0.29, 0.717) is 17.3 Å². The molecule has 5 heteroatoms. The molecule has 128 valence electrons. The van der Waals surface area contributed by atoms with Crippen LogP contribution in [0.15, 0.2) is 24.3 Å². The van der Waals surface area contributed by atoms with E-state index in [9.17, 15) is 4.79 Å². The van der Waals surface area contributed by atoms with Crippen LogP contribution in [0.4, 0.5) is 10.5 Å². The van der Waals surface area contributed by atoms with Gasteiger partial charge in [-0.2, -0.15) is 11.8 Å². The van der Waals surface area contributed by atoms with Crippen molar-refractivity contribution in [3.63, 3.8) is 0 Å². The van der Waals surface area contributed by atoms with Gasteiger partial charge in [0.1, 0.15) is 0 Å². The Labute approximate surface area is 144 Å². The molecule has 0 aliphatic carbocycles. The van der Waals surface area contributed by atoms with Crippen LogP contribution >= 0.6 is 11.8 Å². The van der Waals surface area contributed by atoms with E-state index >= 15 is 0 Å². The van der Waals surface area contributed by atoms with Crippen molar-refractivity contribution in [3.05, 3.63) is 29.8 Å². The summed E-state index contributed by atoms with van der Waals surface area (Å²) in [6, 6.07) is 8.98. The number of rotatable bonds is 4. The number of hydrogen-bond donors (Lipinski definition) is 1. The molecule has 0 radical (unpaired) electrons. The minimum Gasteiger partial charge on any atom is -0.325 e. The van der Waals surface area contributed by atoms with Crippen molar-refractivity contribution in [2.45, 2.75) is 44.0 Å². The smallest absolute Gasteiger partial charge is 0.321 e. The summed E-state index contributed by atoms with van der Waals surface area (Å²) in [6.45, 7) is 5.45. The summed E-state index contributed by atoms with van der Waals surface area (Å²) < 4.78 is 0. The van der Waals surface area contributed by atoms with Gasteiger partial charge < -0.3 is 15.1 Å². The normalized spacial score (nSPS) is 23.3. The van der Waals surface area contributed by atoms with Crippen LogP contribution in [-0.2, 0) is 0 Å². The molecule has 0 aromatic heterocycles. The van der Waals surface area contributed by atoms with Gasteiger partial charge in [-0.3, -0.25) is 0 Å². The standard InChI is InChI=1S/C18H29N3OS/c1-13-11-17(9-10-20(13)3)21(4)18(22)19-16-8-6-7-15(12-16)14(2)23-5/h6-8,12-14,17H,9-11H2,1-5H3,(H,19,22)/t13-,14+,17+/m0/s1. The van der Waals surface area contributed by atoms with Gasteiger partial charge in [-0.15, -0.1) is 0 Å². The van der Waals surface area contributed by atoms with Crippen LogP contribution in [0.1, 0.15) is 37.5 Å². The van der Waals surface area contributed by atoms with E-state index in [1.807, 2.05) is 35.8 Å². The first kappa shape index (κ1) is 18.1. The van der Waals surface area contributed by atoms with Gasteiger partial charge in [-0.25, -0.2) is 4.79 Å². The highest BCUT2D eigenvalue weighted by atomic mass is 32.2. The number of nitrogens with one attached hydrogen (secondary N) is 1. The first-order valence-corrected chi connectivity index (χ1v) is 9.58. The zero-order chi connectivity index (χ0) is 17.0. The topological polar surface area (TPSA) is 35.6 Å². The molecule has 1 saturated heterocycles. The summed E-state index contributed by atoms with van der Waals surface area (Å²) in [5.74, 6) is 0. The molecule has 1 heterocycles. The molecule has 1 N–H and O–H groups in total. The fourth-order valence-electron chi connectivity index (χ4n) is 3.00. The lowest BCUT2D eigenvalue weighted by atomic mass is 9.98. The highest BCUT2D eigenvalue weighted by molar-refractivity contribution is 7.98. The molecule has 4 nitrogen and oxygen atoms in total. The van der Waals surface area contributed by atoms with Crippen molar-refractivity contribution in [1.82, 2.24) is 9.80 Å². The molecule has 2 rings (SSSR count). The lowest BCUT2D eigenvalue weighted by Gasteiger charge is -2.39. The Morgan fingerprint density at radius 2 is 2.22 bits per heavy atom. The number of nitrogens with zero attached hydrogens (tertiary/aromatic N) is 2. The predicted octanol–water partition coefficient (Wildman–Crippen LogP) is 4.06. The Hall–Kier alpha value is -1.20. The maximum Gasteiger partial charge on any atom is 0.321 e. The second-order valence-corrected chi connectivity index (χ2v) is 7.73. The fourth-order valence-corrected chi connectivity index (χ4v) is 3.42. The number of amides is 2. The number of urea groups is 1. The first-order valence-electron chi connectivity index (χ1n) is 8.29. The van der Waals surface area contributed by atoms with Gasteiger partial charge in [0.15, 0.2) is 0 Å². The summed E-state index contributed by atoms with van der Waals surface area (Å²) in [7, 11) is 4.06. The van der Waals surface area contributed by atoms with Crippen LogP contribution < -0.4 is 5.32 Å². The van der Waals surface area contributed by atoms with Gasteiger partial charge in [0.25, 0.3) is 0 Å². The molecule has 23 heavy (non-hydrogen) atoms. The minimum atomic E-state index is -0.0132. The molecule has 1 aromatic rings. The molecule has 1 aliphatic rings. The van der Waals surface area contributed by atoms with Crippen LogP contribution in [0.5, 0.6) is 0 Å². The zero-order valence-corrected chi connectivity index (χ0v) is 15.7. The number of hydrogen-bond acceptors (Lipinski definition) is 3. The molecule has 0 bridgehead atoms. The summed E-state index contributed by atoms with van der Waals surface area (Å²) in [5.41, 5.74) is 2.12. The van der Waals surface area contributed by atoms with E-state index in [1.165, 1.54) is 5.56 Å². The summed E-state index contributed by atoms with van der Waals surface area (Å²) in [5, 5.41) is 3.48. The Kier molecular flexibility index (Phi) is 6.36. The predicted molar refractivity (Wildman–Crippen MR) is 100 cm³/mol. The average molecular weight is 336 g/mol. The van der Waals surface area contributed by atoms with Crippen molar-refractivity contribution in [1.29, 1.82) is 0 Å². The SMILES string of the molecule is CS[C@H](C)c1cccc(NC(=O)N(C)[C@@H]2CCN(C)[C@@H](C)C2)c1. The Balaban J connectivity index is 1.98. The van der Waals surface area contributed by atoms with Crippen molar-refractivity contribution in [2.24, 2.45) is 0 Å². The third kappa shape index (κ3) is 4.64. The molecule has 0 saturated carbocycles. The molecular formula is C18H29N3OS. The molecule has 0 unspecified atom stereocenters. The third-order valence-electron chi connectivity index (χ3n) is 5.01. The molecule has 1 aromatic carbocycles. The number of anilines is 1. The highest BCUT2D eigenvalue weighted by Gasteiger charge is 2.28. The number of likely N-dealkylation sites (tertiary alicyclic amines) is 1. The van der Waals surface area contributed by atoms with E-state index in [4.69, 9.17) is 0 Å². The number of carbonyl (C=O) groups excluding carboxylic acids is 1. The largest absolute Gasteiger partial charge is 0.325 e. The van der Waals surface area contributed by atoms with Gasteiger partial charge >= 0.3 is 6.03 Å². The van der Waals surface area contributed by atoms with E-state index in [2.05, 4.69) is 49.5 Å². The van der Waals surface area contributed by atoms with E-state index in [1.54, 1.807) is 0 Å². The maximum absolute atomic E-state index is 12.5. The Bertz CT molecular complexity index is 537. The Morgan fingerprint density at radius 1 is 1.48 bits per heavy atom. The van der Waals surface area contributed by atoms with Gasteiger partial charge in [0, 0.05) is 36.6 Å². The van der Waals surface area contributed by atoms with Crippen molar-refractivity contribution in [3.8, 4) is 0 Å². The second kappa shape index (κ2) is 8.06. The number of thioether (sulfide) groups is 1. The summed E-state index contributed by atoms with van der Waals surface area (Å²) in [6.07, 6.45) is 4.17. The maximum atomic E-state index is 12.5. The van der Waals surface area contributed by atoms with E-state index in [-0.39, 0.29) is 6.03 Å². The lowest BCUT2D eigenvalue weighted by molar-refractivity contribution is 0.120. The van der Waals surface area contributed by atoms with Crippen LogP contribution in [0.3, 0.4) is 0 Å². The zero-order valence-electron chi connectivity index (χ0n) is 14.9. The van der Waals surface area contributed by atoms with Crippen molar-refractivity contribution < 1.29 is 4.79 Å². The molecule has 3 atom stereocenters. The fraction of sp³-hybridized carbons (Fsp3) is 0.611. The number of piperidine rings is 1. The average Bonchev–Trinajstić information content (AvgIpc) is 2.56. The van der Waals surface area contributed by atoms with Gasteiger partial charge in [0.2, 0.25) is 0 Å².